The predicted molar refractivity (Wildman–Crippen MR) is 99.1 cm³/mol. The second-order valence-corrected chi connectivity index (χ2v) is 6.41. The third-order valence-corrected chi connectivity index (χ3v) is 4.29. The van der Waals surface area contributed by atoms with Gasteiger partial charge in [-0.15, -0.1) is 0 Å². The van der Waals surface area contributed by atoms with Crippen molar-refractivity contribution in [1.82, 2.24) is 14.7 Å². The zero-order chi connectivity index (χ0) is 19.4. The Bertz CT molecular complexity index is 893. The lowest BCUT2D eigenvalue weighted by Gasteiger charge is -2.15. The van der Waals surface area contributed by atoms with Crippen LogP contribution in [0.25, 0.3) is 0 Å². The van der Waals surface area contributed by atoms with Gasteiger partial charge < -0.3 is 20.1 Å². The quantitative estimate of drug-likeness (QED) is 0.691. The van der Waals surface area contributed by atoms with Crippen LogP contribution < -0.4 is 5.32 Å². The minimum Gasteiger partial charge on any atom is -0.466 e. The van der Waals surface area contributed by atoms with E-state index in [0.29, 0.717) is 17.3 Å². The smallest absolute Gasteiger partial charge is 0.337 e. The van der Waals surface area contributed by atoms with Crippen LogP contribution in [0.4, 0.5) is 5.69 Å². The fourth-order valence-electron chi connectivity index (χ4n) is 2.85. The van der Waals surface area contributed by atoms with E-state index in [1.165, 1.54) is 12.0 Å². The molecule has 0 spiro atoms. The van der Waals surface area contributed by atoms with Crippen LogP contribution in [0.1, 0.15) is 5.56 Å². The predicted octanol–water partition coefficient (Wildman–Crippen LogP) is 1.26. The SMILES string of the molecule is COC(=O)C1=C(Nc2cccc(Cn3cc(Cl)cn3)c2)C(=O)N(CCO)C1. The number of nitrogens with zero attached hydrogens (tertiary/aromatic N) is 3. The van der Waals surface area contributed by atoms with E-state index in [0.717, 1.165) is 5.56 Å². The molecule has 0 bridgehead atoms. The maximum atomic E-state index is 12.6. The fourth-order valence-corrected chi connectivity index (χ4v) is 3.01. The summed E-state index contributed by atoms with van der Waals surface area (Å²) >= 11 is 5.88. The molecular formula is C18H19ClN4O4. The first-order chi connectivity index (χ1) is 13.0. The second kappa shape index (κ2) is 8.24. The lowest BCUT2D eigenvalue weighted by atomic mass is 10.2. The van der Waals surface area contributed by atoms with Gasteiger partial charge in [-0.05, 0) is 17.7 Å². The van der Waals surface area contributed by atoms with Crippen LogP contribution in [0.3, 0.4) is 0 Å². The fraction of sp³-hybridized carbons (Fsp3) is 0.278. The molecule has 1 aromatic heterocycles. The lowest BCUT2D eigenvalue weighted by Crippen LogP contribution is -2.31. The number of hydrogen-bond acceptors (Lipinski definition) is 6. The van der Waals surface area contributed by atoms with E-state index in [-0.39, 0.29) is 36.9 Å². The van der Waals surface area contributed by atoms with Crippen LogP contribution in [-0.4, -0.2) is 58.5 Å². The van der Waals surface area contributed by atoms with Crippen molar-refractivity contribution in [2.24, 2.45) is 0 Å². The molecule has 1 amide bonds. The number of carbonyl (C=O) groups is 2. The van der Waals surface area contributed by atoms with E-state index < -0.39 is 5.97 Å². The molecule has 8 nitrogen and oxygen atoms in total. The second-order valence-electron chi connectivity index (χ2n) is 5.98. The maximum absolute atomic E-state index is 12.6. The van der Waals surface area contributed by atoms with Crippen molar-refractivity contribution >= 4 is 29.2 Å². The van der Waals surface area contributed by atoms with E-state index in [2.05, 4.69) is 10.4 Å². The molecule has 2 heterocycles. The van der Waals surface area contributed by atoms with Crippen molar-refractivity contribution in [3.05, 3.63) is 58.5 Å². The van der Waals surface area contributed by atoms with Crippen molar-refractivity contribution in [3.63, 3.8) is 0 Å². The number of halogens is 1. The van der Waals surface area contributed by atoms with Crippen LogP contribution >= 0.6 is 11.6 Å². The number of aromatic nitrogens is 2. The first-order valence-corrected chi connectivity index (χ1v) is 8.65. The molecular weight excluding hydrogens is 372 g/mol. The van der Waals surface area contributed by atoms with Crippen molar-refractivity contribution < 1.29 is 19.4 Å². The Morgan fingerprint density at radius 3 is 2.93 bits per heavy atom. The van der Waals surface area contributed by atoms with Gasteiger partial charge in [-0.2, -0.15) is 5.10 Å². The number of carbonyl (C=O) groups excluding carboxylic acids is 2. The van der Waals surface area contributed by atoms with Gasteiger partial charge in [-0.1, -0.05) is 23.7 Å². The van der Waals surface area contributed by atoms with Gasteiger partial charge in [-0.25, -0.2) is 4.79 Å². The Labute approximate surface area is 161 Å². The highest BCUT2D eigenvalue weighted by molar-refractivity contribution is 6.30. The first kappa shape index (κ1) is 18.9. The average molecular weight is 391 g/mol. The number of nitrogens with one attached hydrogen (secondary N) is 1. The van der Waals surface area contributed by atoms with E-state index in [1.54, 1.807) is 23.1 Å². The maximum Gasteiger partial charge on any atom is 0.337 e. The number of methoxy groups -OCH3 is 1. The van der Waals surface area contributed by atoms with Crippen LogP contribution in [0.2, 0.25) is 5.02 Å². The summed E-state index contributed by atoms with van der Waals surface area (Å²) in [5.74, 6) is -0.928. The highest BCUT2D eigenvalue weighted by atomic mass is 35.5. The molecule has 0 radical (unpaired) electrons. The van der Waals surface area contributed by atoms with Gasteiger partial charge in [-0.3, -0.25) is 9.48 Å². The summed E-state index contributed by atoms with van der Waals surface area (Å²) in [4.78, 5) is 26.0. The molecule has 142 valence electrons. The van der Waals surface area contributed by atoms with Crippen molar-refractivity contribution in [2.45, 2.75) is 6.54 Å². The molecule has 1 aromatic carbocycles. The number of aliphatic hydroxyl groups is 1. The zero-order valence-electron chi connectivity index (χ0n) is 14.7. The summed E-state index contributed by atoms with van der Waals surface area (Å²) in [6.45, 7) is 0.565. The summed E-state index contributed by atoms with van der Waals surface area (Å²) in [5, 5.41) is 16.8. The number of amides is 1. The normalized spacial score (nSPS) is 14.0. The van der Waals surface area contributed by atoms with Gasteiger partial charge in [0.25, 0.3) is 5.91 Å². The Balaban J connectivity index is 1.82. The van der Waals surface area contributed by atoms with Crippen molar-refractivity contribution in [3.8, 4) is 0 Å². The molecule has 9 heteroatoms. The molecule has 1 aliphatic heterocycles. The zero-order valence-corrected chi connectivity index (χ0v) is 15.4. The van der Waals surface area contributed by atoms with Crippen molar-refractivity contribution in [2.75, 3.05) is 32.1 Å². The summed E-state index contributed by atoms with van der Waals surface area (Å²) in [5.41, 5.74) is 1.99. The van der Waals surface area contributed by atoms with E-state index in [1.807, 2.05) is 18.2 Å². The van der Waals surface area contributed by atoms with Crippen LogP contribution in [0.15, 0.2) is 47.9 Å². The van der Waals surface area contributed by atoms with E-state index in [9.17, 15) is 9.59 Å². The summed E-state index contributed by atoms with van der Waals surface area (Å²) < 4.78 is 6.48. The summed E-state index contributed by atoms with van der Waals surface area (Å²) in [6, 6.07) is 7.42. The largest absolute Gasteiger partial charge is 0.466 e. The van der Waals surface area contributed by atoms with Gasteiger partial charge in [0.05, 0.1) is 43.6 Å². The van der Waals surface area contributed by atoms with Gasteiger partial charge >= 0.3 is 5.97 Å². The Morgan fingerprint density at radius 1 is 1.44 bits per heavy atom. The van der Waals surface area contributed by atoms with Gasteiger partial charge in [0.1, 0.15) is 5.70 Å². The molecule has 27 heavy (non-hydrogen) atoms. The Morgan fingerprint density at radius 2 is 2.26 bits per heavy atom. The minimum atomic E-state index is -0.575. The van der Waals surface area contributed by atoms with Gasteiger partial charge in [0.15, 0.2) is 0 Å². The number of benzene rings is 1. The molecule has 0 atom stereocenters. The number of aliphatic hydroxyl groups excluding tert-OH is 1. The molecule has 3 rings (SSSR count). The van der Waals surface area contributed by atoms with Crippen LogP contribution in [-0.2, 0) is 20.9 Å². The number of rotatable bonds is 7. The molecule has 2 N–H and O–H groups in total. The van der Waals surface area contributed by atoms with Crippen molar-refractivity contribution in [1.29, 1.82) is 0 Å². The summed E-state index contributed by atoms with van der Waals surface area (Å²) in [7, 11) is 1.27. The monoisotopic (exact) mass is 390 g/mol. The third-order valence-electron chi connectivity index (χ3n) is 4.10. The molecule has 0 fully saturated rings. The Hall–Kier alpha value is -2.84. The average Bonchev–Trinajstić information content (AvgIpc) is 3.19. The highest BCUT2D eigenvalue weighted by Crippen LogP contribution is 2.23. The topological polar surface area (TPSA) is 96.7 Å². The number of hydrogen-bond donors (Lipinski definition) is 2. The molecule has 0 aliphatic carbocycles. The molecule has 0 saturated carbocycles. The lowest BCUT2D eigenvalue weighted by molar-refractivity contribution is -0.136. The molecule has 2 aromatic rings. The molecule has 0 unspecified atom stereocenters. The van der Waals surface area contributed by atoms with Crippen LogP contribution in [0.5, 0.6) is 0 Å². The summed E-state index contributed by atoms with van der Waals surface area (Å²) in [6.07, 6.45) is 3.27. The number of esters is 1. The van der Waals surface area contributed by atoms with E-state index >= 15 is 0 Å². The van der Waals surface area contributed by atoms with E-state index in [4.69, 9.17) is 21.4 Å². The highest BCUT2D eigenvalue weighted by Gasteiger charge is 2.34. The molecule has 1 aliphatic rings. The van der Waals surface area contributed by atoms with Gasteiger partial charge in [0.2, 0.25) is 0 Å². The first-order valence-electron chi connectivity index (χ1n) is 8.27. The minimum absolute atomic E-state index is 0.0971. The third kappa shape index (κ3) is 4.29. The van der Waals surface area contributed by atoms with Crippen LogP contribution in [0, 0.1) is 0 Å². The standard InChI is InChI=1S/C18H19ClN4O4/c1-27-18(26)15-11-22(5-6-24)17(25)16(15)21-14-4-2-3-12(7-14)9-23-10-13(19)8-20-23/h2-4,7-8,10,21,24H,5-6,9,11H2,1H3. The Kier molecular flexibility index (Phi) is 5.78. The number of ether oxygens (including phenoxy) is 1. The van der Waals surface area contributed by atoms with Gasteiger partial charge in [0, 0.05) is 18.4 Å². The number of anilines is 1. The number of β-amino-alcohol motifs (C(OH)–C–C–N with tert-alkyl or cyclic N) is 1. The molecule has 0 saturated heterocycles.